The molecule has 3 aromatic rings. The number of benzene rings is 3. The van der Waals surface area contributed by atoms with Gasteiger partial charge in [0, 0.05) is 10.0 Å². The second-order valence-electron chi connectivity index (χ2n) is 5.52. The van der Waals surface area contributed by atoms with Gasteiger partial charge in [0.25, 0.3) is 0 Å². The lowest BCUT2D eigenvalue weighted by atomic mass is 9.89. The van der Waals surface area contributed by atoms with Crippen LogP contribution in [-0.2, 0) is 0 Å². The highest BCUT2D eigenvalue weighted by atomic mass is 79.9. The van der Waals surface area contributed by atoms with Gasteiger partial charge in [0.05, 0.1) is 12.0 Å². The van der Waals surface area contributed by atoms with Crippen molar-refractivity contribution < 1.29 is 5.11 Å². The summed E-state index contributed by atoms with van der Waals surface area (Å²) < 4.78 is 0.991. The predicted molar refractivity (Wildman–Crippen MR) is 102 cm³/mol. The molecule has 24 heavy (non-hydrogen) atoms. The van der Waals surface area contributed by atoms with Crippen LogP contribution in [0.1, 0.15) is 28.7 Å². The molecule has 0 heterocycles. The van der Waals surface area contributed by atoms with Crippen LogP contribution in [0.25, 0.3) is 0 Å². The van der Waals surface area contributed by atoms with Crippen LogP contribution in [0.3, 0.4) is 0 Å². The van der Waals surface area contributed by atoms with Gasteiger partial charge >= 0.3 is 0 Å². The van der Waals surface area contributed by atoms with Crippen molar-refractivity contribution in [2.45, 2.75) is 12.0 Å². The third kappa shape index (κ3) is 4.14. The van der Waals surface area contributed by atoms with E-state index >= 15 is 0 Å². The largest absolute Gasteiger partial charge is 0.387 e. The van der Waals surface area contributed by atoms with Gasteiger partial charge in [-0.1, -0.05) is 88.4 Å². The second kappa shape index (κ2) is 7.97. The molecule has 1 nitrogen and oxygen atoms in total. The minimum atomic E-state index is -0.684. The molecule has 0 aliphatic heterocycles. The SMILES string of the molecule is OC(c1ccc(Br)cc1)C(C#Cc1ccccc1)c1ccccc1. The molecule has 3 rings (SSSR count). The van der Waals surface area contributed by atoms with Crippen LogP contribution < -0.4 is 0 Å². The third-order valence-corrected chi connectivity index (χ3v) is 4.36. The molecule has 0 aliphatic rings. The fraction of sp³-hybridized carbons (Fsp3) is 0.0909. The number of aliphatic hydroxyl groups excluding tert-OH is 1. The first-order valence-electron chi connectivity index (χ1n) is 7.79. The molecule has 0 spiro atoms. The van der Waals surface area contributed by atoms with Gasteiger partial charge < -0.3 is 5.11 Å². The first kappa shape index (κ1) is 16.5. The highest BCUT2D eigenvalue weighted by Gasteiger charge is 2.20. The molecule has 0 saturated carbocycles. The Labute approximate surface area is 151 Å². The summed E-state index contributed by atoms with van der Waals surface area (Å²) in [6, 6.07) is 27.5. The first-order valence-corrected chi connectivity index (χ1v) is 8.58. The fourth-order valence-electron chi connectivity index (χ4n) is 2.54. The van der Waals surface area contributed by atoms with Crippen molar-refractivity contribution in [2.24, 2.45) is 0 Å². The van der Waals surface area contributed by atoms with Gasteiger partial charge in [-0.15, -0.1) is 0 Å². The molecular weight excluding hydrogens is 360 g/mol. The molecule has 1 N–H and O–H groups in total. The Morgan fingerprint density at radius 3 is 1.92 bits per heavy atom. The molecule has 0 saturated heterocycles. The van der Waals surface area contributed by atoms with Gasteiger partial charge in [0.15, 0.2) is 0 Å². The molecule has 0 aliphatic carbocycles. The summed E-state index contributed by atoms with van der Waals surface area (Å²) in [7, 11) is 0. The van der Waals surface area contributed by atoms with E-state index in [0.29, 0.717) is 0 Å². The number of halogens is 1. The van der Waals surface area contributed by atoms with Gasteiger partial charge in [0.2, 0.25) is 0 Å². The molecule has 0 bridgehead atoms. The number of aliphatic hydroxyl groups is 1. The van der Waals surface area contributed by atoms with E-state index in [1.165, 1.54) is 0 Å². The van der Waals surface area contributed by atoms with Crippen molar-refractivity contribution in [3.8, 4) is 11.8 Å². The second-order valence-corrected chi connectivity index (χ2v) is 6.44. The monoisotopic (exact) mass is 376 g/mol. The maximum atomic E-state index is 10.9. The van der Waals surface area contributed by atoms with Gasteiger partial charge in [-0.05, 0) is 35.4 Å². The van der Waals surface area contributed by atoms with Crippen LogP contribution in [0.2, 0.25) is 0 Å². The van der Waals surface area contributed by atoms with Crippen LogP contribution in [-0.4, -0.2) is 5.11 Å². The molecule has 0 fully saturated rings. The summed E-state index contributed by atoms with van der Waals surface area (Å²) in [5.74, 6) is 6.15. The average molecular weight is 377 g/mol. The van der Waals surface area contributed by atoms with Crippen LogP contribution in [0, 0.1) is 11.8 Å². The van der Waals surface area contributed by atoms with E-state index in [1.807, 2.05) is 84.9 Å². The Bertz CT molecular complexity index is 830. The quantitative estimate of drug-likeness (QED) is 0.613. The van der Waals surface area contributed by atoms with Gasteiger partial charge in [-0.2, -0.15) is 0 Å². The van der Waals surface area contributed by atoms with Gasteiger partial charge in [-0.3, -0.25) is 0 Å². The summed E-state index contributed by atoms with van der Waals surface area (Å²) in [6.07, 6.45) is -0.684. The lowest BCUT2D eigenvalue weighted by Crippen LogP contribution is -2.09. The number of hydrogen-bond donors (Lipinski definition) is 1. The van der Waals surface area contributed by atoms with Crippen molar-refractivity contribution in [3.63, 3.8) is 0 Å². The Morgan fingerprint density at radius 1 is 0.708 bits per heavy atom. The third-order valence-electron chi connectivity index (χ3n) is 3.83. The van der Waals surface area contributed by atoms with Crippen LogP contribution in [0.15, 0.2) is 89.4 Å². The predicted octanol–water partition coefficient (Wildman–Crippen LogP) is 5.32. The van der Waals surface area contributed by atoms with Crippen molar-refractivity contribution in [2.75, 3.05) is 0 Å². The summed E-state index contributed by atoms with van der Waals surface area (Å²) in [6.45, 7) is 0. The highest BCUT2D eigenvalue weighted by molar-refractivity contribution is 9.10. The highest BCUT2D eigenvalue weighted by Crippen LogP contribution is 2.31. The van der Waals surface area contributed by atoms with Crippen molar-refractivity contribution in [1.29, 1.82) is 0 Å². The molecule has 0 radical (unpaired) electrons. The van der Waals surface area contributed by atoms with Gasteiger partial charge in [0.1, 0.15) is 0 Å². The number of hydrogen-bond acceptors (Lipinski definition) is 1. The zero-order chi connectivity index (χ0) is 16.8. The molecule has 2 unspecified atom stereocenters. The first-order chi connectivity index (χ1) is 11.7. The Kier molecular flexibility index (Phi) is 5.48. The zero-order valence-electron chi connectivity index (χ0n) is 13.1. The topological polar surface area (TPSA) is 20.2 Å². The van der Waals surface area contributed by atoms with E-state index < -0.39 is 6.10 Å². The normalized spacial score (nSPS) is 12.8. The van der Waals surface area contributed by atoms with Gasteiger partial charge in [-0.25, -0.2) is 0 Å². The van der Waals surface area contributed by atoms with Crippen molar-refractivity contribution in [1.82, 2.24) is 0 Å². The summed E-state index contributed by atoms with van der Waals surface area (Å²) in [5.41, 5.74) is 2.81. The average Bonchev–Trinajstić information content (AvgIpc) is 2.64. The molecule has 2 atom stereocenters. The van der Waals surface area contributed by atoms with E-state index in [9.17, 15) is 5.11 Å². The fourth-order valence-corrected chi connectivity index (χ4v) is 2.80. The Hall–Kier alpha value is -2.34. The minimum absolute atomic E-state index is 0.285. The van der Waals surface area contributed by atoms with E-state index in [1.54, 1.807) is 0 Å². The standard InChI is InChI=1S/C22H17BrO/c23-20-14-12-19(13-15-20)22(24)21(18-9-5-2-6-10-18)16-11-17-7-3-1-4-8-17/h1-10,12-15,21-22,24H. The molecule has 3 aromatic carbocycles. The lowest BCUT2D eigenvalue weighted by molar-refractivity contribution is 0.165. The van der Waals surface area contributed by atoms with E-state index in [2.05, 4.69) is 27.8 Å². The maximum absolute atomic E-state index is 10.9. The van der Waals surface area contributed by atoms with E-state index in [4.69, 9.17) is 0 Å². The van der Waals surface area contributed by atoms with Crippen molar-refractivity contribution in [3.05, 3.63) is 106 Å². The Morgan fingerprint density at radius 2 is 1.29 bits per heavy atom. The molecule has 2 heteroatoms. The maximum Gasteiger partial charge on any atom is 0.0968 e. The summed E-state index contributed by atoms with van der Waals surface area (Å²) >= 11 is 3.43. The lowest BCUT2D eigenvalue weighted by Gasteiger charge is -2.19. The van der Waals surface area contributed by atoms with Crippen LogP contribution in [0.5, 0.6) is 0 Å². The molecular formula is C22H17BrO. The van der Waals surface area contributed by atoms with E-state index in [-0.39, 0.29) is 5.92 Å². The zero-order valence-corrected chi connectivity index (χ0v) is 14.6. The van der Waals surface area contributed by atoms with Crippen molar-refractivity contribution >= 4 is 15.9 Å². The molecule has 118 valence electrons. The molecule has 0 amide bonds. The smallest absolute Gasteiger partial charge is 0.0968 e. The van der Waals surface area contributed by atoms with Crippen LogP contribution >= 0.6 is 15.9 Å². The summed E-state index contributed by atoms with van der Waals surface area (Å²) in [4.78, 5) is 0. The van der Waals surface area contributed by atoms with Crippen LogP contribution in [0.4, 0.5) is 0 Å². The molecule has 0 aromatic heterocycles. The summed E-state index contributed by atoms with van der Waals surface area (Å²) in [5, 5.41) is 10.9. The van der Waals surface area contributed by atoms with E-state index in [0.717, 1.165) is 21.2 Å². The Balaban J connectivity index is 1.96. The number of rotatable bonds is 3. The minimum Gasteiger partial charge on any atom is -0.387 e.